The van der Waals surface area contributed by atoms with Crippen LogP contribution in [0.2, 0.25) is 0 Å². The number of carbonyl (C=O) groups excluding carboxylic acids is 1. The normalized spacial score (nSPS) is 13.4. The summed E-state index contributed by atoms with van der Waals surface area (Å²) in [6.45, 7) is 0.262. The van der Waals surface area contributed by atoms with Gasteiger partial charge in [-0.05, 0) is 48.7 Å². The smallest absolute Gasteiger partial charge is 0.247 e. The van der Waals surface area contributed by atoms with E-state index in [0.29, 0.717) is 23.7 Å². The number of fused-ring (bicyclic) bond motifs is 1. The molecule has 0 spiro atoms. The molecule has 0 atom stereocenters. The molecule has 0 saturated heterocycles. The maximum absolute atomic E-state index is 13.2. The Hall–Kier alpha value is -3.32. The Kier molecular flexibility index (Phi) is 5.95. The number of amides is 1. The molecule has 31 heavy (non-hydrogen) atoms. The van der Waals surface area contributed by atoms with Gasteiger partial charge in [-0.2, -0.15) is 0 Å². The lowest BCUT2D eigenvalue weighted by Gasteiger charge is -2.32. The van der Waals surface area contributed by atoms with E-state index in [9.17, 15) is 13.2 Å². The van der Waals surface area contributed by atoms with Crippen LogP contribution in [0.4, 0.5) is 11.4 Å². The number of anilines is 2. The van der Waals surface area contributed by atoms with Crippen molar-refractivity contribution in [3.8, 4) is 11.5 Å². The van der Waals surface area contributed by atoms with Crippen LogP contribution in [0.15, 0.2) is 78.9 Å². The molecule has 3 aromatic rings. The fraction of sp³-hybridized carbons (Fsp3) is 0.208. The summed E-state index contributed by atoms with van der Waals surface area (Å²) in [5.74, 6) is 0.678. The highest BCUT2D eigenvalue weighted by molar-refractivity contribution is 7.92. The predicted molar refractivity (Wildman–Crippen MR) is 122 cm³/mol. The number of sulfonamides is 1. The zero-order valence-electron chi connectivity index (χ0n) is 17.3. The number of hydrogen-bond donors (Lipinski definition) is 0. The average molecular weight is 437 g/mol. The molecule has 3 aromatic carbocycles. The lowest BCUT2D eigenvalue weighted by atomic mass is 10.0. The monoisotopic (exact) mass is 436 g/mol. The minimum absolute atomic E-state index is 0.271. The first-order valence-corrected chi connectivity index (χ1v) is 12.0. The Morgan fingerprint density at radius 1 is 0.968 bits per heavy atom. The SMILES string of the molecule is CS(=O)(=O)N(CC(=O)N1CCCc2ccccc21)c1ccccc1Oc1ccccc1. The highest BCUT2D eigenvalue weighted by atomic mass is 32.2. The molecule has 0 saturated carbocycles. The van der Waals surface area contributed by atoms with Gasteiger partial charge in [-0.3, -0.25) is 9.10 Å². The van der Waals surface area contributed by atoms with Crippen LogP contribution in [-0.2, 0) is 21.2 Å². The molecule has 6 nitrogen and oxygen atoms in total. The number of nitrogens with zero attached hydrogens (tertiary/aromatic N) is 2. The van der Waals surface area contributed by atoms with Gasteiger partial charge in [-0.25, -0.2) is 8.42 Å². The molecule has 1 amide bonds. The van der Waals surface area contributed by atoms with E-state index in [1.165, 1.54) is 0 Å². The van der Waals surface area contributed by atoms with Gasteiger partial charge in [0.1, 0.15) is 12.3 Å². The molecule has 160 valence electrons. The zero-order valence-corrected chi connectivity index (χ0v) is 18.1. The Balaban J connectivity index is 1.65. The molecule has 0 aliphatic carbocycles. The standard InChI is InChI=1S/C24H24N2O4S/c1-31(28,29)26(18-24(27)25-17-9-11-19-10-5-6-14-21(19)25)22-15-7-8-16-23(22)30-20-12-3-2-4-13-20/h2-8,10,12-16H,9,11,17-18H2,1H3. The van der Waals surface area contributed by atoms with Crippen LogP contribution in [0.1, 0.15) is 12.0 Å². The van der Waals surface area contributed by atoms with Crippen molar-refractivity contribution in [2.24, 2.45) is 0 Å². The van der Waals surface area contributed by atoms with Crippen LogP contribution < -0.4 is 13.9 Å². The fourth-order valence-electron chi connectivity index (χ4n) is 3.75. The molecular formula is C24H24N2O4S. The minimum atomic E-state index is -3.74. The summed E-state index contributed by atoms with van der Waals surface area (Å²) in [4.78, 5) is 14.9. The topological polar surface area (TPSA) is 66.9 Å². The van der Waals surface area contributed by atoms with Crippen LogP contribution in [0, 0.1) is 0 Å². The minimum Gasteiger partial charge on any atom is -0.455 e. The van der Waals surface area contributed by atoms with E-state index in [-0.39, 0.29) is 12.5 Å². The van der Waals surface area contributed by atoms with Gasteiger partial charge in [0, 0.05) is 12.2 Å². The van der Waals surface area contributed by atoms with Crippen molar-refractivity contribution in [2.75, 3.05) is 28.6 Å². The molecule has 1 heterocycles. The van der Waals surface area contributed by atoms with Crippen LogP contribution in [0.25, 0.3) is 0 Å². The maximum atomic E-state index is 13.2. The molecular weight excluding hydrogens is 412 g/mol. The van der Waals surface area contributed by atoms with Gasteiger partial charge in [-0.1, -0.05) is 48.5 Å². The van der Waals surface area contributed by atoms with E-state index >= 15 is 0 Å². The van der Waals surface area contributed by atoms with Crippen molar-refractivity contribution >= 4 is 27.3 Å². The number of carbonyl (C=O) groups is 1. The molecule has 0 radical (unpaired) electrons. The second-order valence-electron chi connectivity index (χ2n) is 7.43. The average Bonchev–Trinajstić information content (AvgIpc) is 2.77. The first-order chi connectivity index (χ1) is 14.9. The summed E-state index contributed by atoms with van der Waals surface area (Å²) in [6, 6.07) is 23.7. The van der Waals surface area contributed by atoms with Crippen LogP contribution in [0.5, 0.6) is 11.5 Å². The van der Waals surface area contributed by atoms with Gasteiger partial charge in [0.2, 0.25) is 15.9 Å². The van der Waals surface area contributed by atoms with Gasteiger partial charge in [-0.15, -0.1) is 0 Å². The summed E-state index contributed by atoms with van der Waals surface area (Å²) >= 11 is 0. The van der Waals surface area contributed by atoms with Crippen molar-refractivity contribution in [3.05, 3.63) is 84.4 Å². The van der Waals surface area contributed by atoms with Crippen molar-refractivity contribution < 1.29 is 17.9 Å². The summed E-state index contributed by atoms with van der Waals surface area (Å²) < 4.78 is 32.5. The highest BCUT2D eigenvalue weighted by Gasteiger charge is 2.29. The number of benzene rings is 3. The van der Waals surface area contributed by atoms with E-state index in [2.05, 4.69) is 0 Å². The molecule has 0 aromatic heterocycles. The fourth-order valence-corrected chi connectivity index (χ4v) is 4.60. The predicted octanol–water partition coefficient (Wildman–Crippen LogP) is 4.22. The number of ether oxygens (including phenoxy) is 1. The van der Waals surface area contributed by atoms with Crippen LogP contribution in [0.3, 0.4) is 0 Å². The first kappa shape index (κ1) is 20.9. The number of aryl methyl sites for hydroxylation is 1. The molecule has 0 fully saturated rings. The Morgan fingerprint density at radius 2 is 1.65 bits per heavy atom. The summed E-state index contributed by atoms with van der Waals surface area (Å²) in [7, 11) is -3.74. The second kappa shape index (κ2) is 8.81. The Morgan fingerprint density at radius 3 is 2.42 bits per heavy atom. The highest BCUT2D eigenvalue weighted by Crippen LogP contribution is 2.34. The molecule has 1 aliphatic rings. The van der Waals surface area contributed by atoms with Crippen molar-refractivity contribution in [1.29, 1.82) is 0 Å². The van der Waals surface area contributed by atoms with Crippen LogP contribution in [-0.4, -0.2) is 33.7 Å². The second-order valence-corrected chi connectivity index (χ2v) is 9.34. The van der Waals surface area contributed by atoms with E-state index in [4.69, 9.17) is 4.74 Å². The van der Waals surface area contributed by atoms with Gasteiger partial charge in [0.25, 0.3) is 0 Å². The lowest BCUT2D eigenvalue weighted by molar-refractivity contribution is -0.117. The molecule has 1 aliphatic heterocycles. The third kappa shape index (κ3) is 4.72. The van der Waals surface area contributed by atoms with E-state index in [1.54, 1.807) is 41.3 Å². The van der Waals surface area contributed by atoms with Gasteiger partial charge in [0.15, 0.2) is 5.75 Å². The van der Waals surface area contributed by atoms with E-state index in [1.807, 2.05) is 42.5 Å². The molecule has 7 heteroatoms. The number of para-hydroxylation sites is 4. The van der Waals surface area contributed by atoms with Gasteiger partial charge < -0.3 is 9.64 Å². The van der Waals surface area contributed by atoms with Gasteiger partial charge in [0.05, 0.1) is 11.9 Å². The van der Waals surface area contributed by atoms with Crippen LogP contribution >= 0.6 is 0 Å². The largest absolute Gasteiger partial charge is 0.455 e. The van der Waals surface area contributed by atoms with Crippen molar-refractivity contribution in [1.82, 2.24) is 0 Å². The third-order valence-corrected chi connectivity index (χ3v) is 6.32. The molecule has 0 N–H and O–H groups in total. The maximum Gasteiger partial charge on any atom is 0.247 e. The zero-order chi connectivity index (χ0) is 21.8. The molecule has 4 rings (SSSR count). The Bertz CT molecular complexity index is 1180. The number of hydrogen-bond acceptors (Lipinski definition) is 4. The summed E-state index contributed by atoms with van der Waals surface area (Å²) in [5.41, 5.74) is 2.27. The van der Waals surface area contributed by atoms with E-state index in [0.717, 1.165) is 34.7 Å². The molecule has 0 unspecified atom stereocenters. The first-order valence-electron chi connectivity index (χ1n) is 10.1. The Labute approximate surface area is 182 Å². The molecule has 0 bridgehead atoms. The number of rotatable bonds is 6. The van der Waals surface area contributed by atoms with E-state index < -0.39 is 10.0 Å². The van der Waals surface area contributed by atoms with Crippen molar-refractivity contribution in [3.63, 3.8) is 0 Å². The third-order valence-electron chi connectivity index (χ3n) is 5.20. The summed E-state index contributed by atoms with van der Waals surface area (Å²) in [6.07, 6.45) is 2.85. The van der Waals surface area contributed by atoms with Gasteiger partial charge >= 0.3 is 0 Å². The lowest BCUT2D eigenvalue weighted by Crippen LogP contribution is -2.44. The summed E-state index contributed by atoms with van der Waals surface area (Å²) in [5, 5.41) is 0. The quantitative estimate of drug-likeness (QED) is 0.580. The van der Waals surface area contributed by atoms with Crippen molar-refractivity contribution in [2.45, 2.75) is 12.8 Å².